The van der Waals surface area contributed by atoms with Crippen molar-refractivity contribution < 1.29 is 41.8 Å². The van der Waals surface area contributed by atoms with Crippen LogP contribution in [0.1, 0.15) is 0 Å². The fraction of sp³-hybridized carbons (Fsp3) is 0. The van der Waals surface area contributed by atoms with Gasteiger partial charge in [-0.05, 0) is 0 Å². The van der Waals surface area contributed by atoms with Crippen molar-refractivity contribution in [1.29, 1.82) is 0 Å². The van der Waals surface area contributed by atoms with Crippen molar-refractivity contribution >= 4 is 23.3 Å². The van der Waals surface area contributed by atoms with Crippen LogP contribution in [0.4, 0.5) is 0 Å². The minimum absolute atomic E-state index is 0. The molecule has 0 rings (SSSR count). The van der Waals surface area contributed by atoms with Crippen LogP contribution >= 0.6 is 10.4 Å². The van der Waals surface area contributed by atoms with Crippen LogP contribution in [0.2, 0.25) is 0 Å². The van der Waals surface area contributed by atoms with Gasteiger partial charge < -0.3 is 0 Å². The summed E-state index contributed by atoms with van der Waals surface area (Å²) < 4.78 is 26.9. The Labute approximate surface area is 64.6 Å². The molecule has 0 amide bonds. The third-order valence-electron chi connectivity index (χ3n) is 0. The van der Waals surface area contributed by atoms with Crippen LogP contribution in [0.5, 0.6) is 0 Å². The van der Waals surface area contributed by atoms with Gasteiger partial charge in [0.1, 0.15) is 0 Å². The molecule has 0 aromatic carbocycles. The van der Waals surface area contributed by atoms with Crippen molar-refractivity contribution in [2.45, 2.75) is 0 Å². The van der Waals surface area contributed by atoms with E-state index in [0.717, 1.165) is 0 Å². The summed E-state index contributed by atoms with van der Waals surface area (Å²) in [5.74, 6) is 0. The van der Waals surface area contributed by atoms with Crippen LogP contribution in [0.3, 0.4) is 0 Å². The molecule has 0 radical (unpaired) electrons. The van der Waals surface area contributed by atoms with Crippen LogP contribution in [0.25, 0.3) is 0 Å². The monoisotopic (exact) mass is 178 g/mol. The Morgan fingerprint density at radius 2 is 1.17 bits per heavy atom. The van der Waals surface area contributed by atoms with Crippen molar-refractivity contribution in [1.82, 2.24) is 0 Å². The molecule has 0 saturated carbocycles. The molecule has 0 N–H and O–H groups in total. The first kappa shape index (κ1) is 10.6. The summed E-state index contributed by atoms with van der Waals surface area (Å²) in [5.41, 5.74) is 0. The van der Waals surface area contributed by atoms with Gasteiger partial charge >= 0.3 is 65.1 Å². The van der Waals surface area contributed by atoms with E-state index in [-0.39, 0.29) is 29.6 Å². The van der Waals surface area contributed by atoms with Gasteiger partial charge in [-0.3, -0.25) is 0 Å². The summed E-state index contributed by atoms with van der Waals surface area (Å²) >= 11 is -5.04. The molecule has 0 atom stereocenters. The topological polar surface area (TPSA) is 69.2 Å². The van der Waals surface area contributed by atoms with Gasteiger partial charge in [-0.1, -0.05) is 0 Å². The van der Waals surface area contributed by atoms with Crippen LogP contribution in [0.15, 0.2) is 0 Å². The van der Waals surface area contributed by atoms with Gasteiger partial charge in [0.15, 0.2) is 0 Å². The number of hydrogen-bond donors (Lipinski definition) is 0. The zero-order valence-electron chi connectivity index (χ0n) is 3.08. The van der Waals surface area contributed by atoms with Gasteiger partial charge in [-0.2, -0.15) is 0 Å². The Bertz CT molecular complexity index is 56.9. The molecule has 0 saturated heterocycles. The summed E-state index contributed by atoms with van der Waals surface area (Å²) in [4.78, 5) is 0. The SMILES string of the molecule is [Na+].[O-][As]([O-])([O-])=S. The standard InChI is InChI=1S/AsH3O3S.Na/c2-1(3,4)5;/h(H3,2,3,4,5);/q;+1/p-3. The molecule has 6 heavy (non-hydrogen) atoms. The van der Waals surface area contributed by atoms with Gasteiger partial charge in [0.25, 0.3) is 0 Å². The Balaban J connectivity index is 0. The second-order valence-electron chi connectivity index (χ2n) is 0.447. The van der Waals surface area contributed by atoms with Gasteiger partial charge in [0.05, 0.1) is 0 Å². The molecule has 6 heteroatoms. The Kier molecular flexibility index (Phi) is 6.42. The average molecular weight is 178 g/mol. The first-order valence-corrected chi connectivity index (χ1v) is 5.69. The summed E-state index contributed by atoms with van der Waals surface area (Å²) in [6.45, 7) is 0. The van der Waals surface area contributed by atoms with Crippen LogP contribution in [-0.2, 0) is 0 Å². The van der Waals surface area contributed by atoms with Crippen molar-refractivity contribution in [2.24, 2.45) is 0 Å². The molecule has 0 bridgehead atoms. The van der Waals surface area contributed by atoms with Crippen molar-refractivity contribution in [3.05, 3.63) is 0 Å². The molecule has 0 fully saturated rings. The van der Waals surface area contributed by atoms with Gasteiger partial charge in [0.2, 0.25) is 0 Å². The fourth-order valence-corrected chi connectivity index (χ4v) is 0. The molecule has 0 aliphatic rings. The third-order valence-corrected chi connectivity index (χ3v) is 0. The summed E-state index contributed by atoms with van der Waals surface area (Å²) in [5, 5.41) is 0. The molecular weight excluding hydrogens is 178 g/mol. The predicted octanol–water partition coefficient (Wildman–Crippen LogP) is -6.30. The van der Waals surface area contributed by atoms with E-state index in [1.165, 1.54) is 0 Å². The van der Waals surface area contributed by atoms with Crippen LogP contribution in [-0.4, -0.2) is 12.9 Å². The predicted molar refractivity (Wildman–Crippen MR) is 13.3 cm³/mol. The molecule has 0 aromatic heterocycles. The third kappa shape index (κ3) is 44.6. The second-order valence-corrected chi connectivity index (χ2v) is 4.65. The first-order chi connectivity index (χ1) is 2.00. The molecule has 3 nitrogen and oxygen atoms in total. The molecule has 0 aliphatic heterocycles. The summed E-state index contributed by atoms with van der Waals surface area (Å²) in [6.07, 6.45) is 0. The van der Waals surface area contributed by atoms with Gasteiger partial charge in [0, 0.05) is 0 Å². The zero-order chi connectivity index (χ0) is 4.50. The van der Waals surface area contributed by atoms with Crippen molar-refractivity contribution in [2.75, 3.05) is 0 Å². The van der Waals surface area contributed by atoms with Crippen LogP contribution in [0, 0.1) is 0 Å². The minimum atomic E-state index is -5.04. The average Bonchev–Trinajstić information content (AvgIpc) is 0.722. The Hall–Kier alpha value is 1.66. The molecule has 0 heterocycles. The molecular formula is AsNaO3S-2. The van der Waals surface area contributed by atoms with E-state index in [1.807, 2.05) is 0 Å². The Morgan fingerprint density at radius 1 is 1.17 bits per heavy atom. The van der Waals surface area contributed by atoms with Crippen molar-refractivity contribution in [3.63, 3.8) is 0 Å². The fourth-order valence-electron chi connectivity index (χ4n) is 0. The van der Waals surface area contributed by atoms with E-state index < -0.39 is 12.9 Å². The normalized spacial score (nSPS) is 9.83. The van der Waals surface area contributed by atoms with Crippen LogP contribution < -0.4 is 41.8 Å². The molecule has 0 aliphatic carbocycles. The van der Waals surface area contributed by atoms with E-state index in [9.17, 15) is 0 Å². The molecule has 0 spiro atoms. The number of rotatable bonds is 0. The quantitative estimate of drug-likeness (QED) is 0.346. The van der Waals surface area contributed by atoms with E-state index in [1.54, 1.807) is 0 Å². The second kappa shape index (κ2) is 3.63. The molecule has 0 unspecified atom stereocenters. The zero-order valence-corrected chi connectivity index (χ0v) is 7.77. The first-order valence-electron chi connectivity index (χ1n) is 0.730. The Morgan fingerprint density at radius 3 is 1.17 bits per heavy atom. The molecule has 0 aromatic rings. The van der Waals surface area contributed by atoms with E-state index in [4.69, 9.17) is 12.3 Å². The van der Waals surface area contributed by atoms with E-state index in [2.05, 4.69) is 10.4 Å². The maximum absolute atomic E-state index is 8.98. The number of hydrogen-bond acceptors (Lipinski definition) is 4. The summed E-state index contributed by atoms with van der Waals surface area (Å²) in [7, 11) is 3.33. The van der Waals surface area contributed by atoms with Gasteiger partial charge in [-0.15, -0.1) is 0 Å². The van der Waals surface area contributed by atoms with Crippen molar-refractivity contribution in [3.8, 4) is 0 Å². The maximum atomic E-state index is 8.98. The van der Waals surface area contributed by atoms with E-state index >= 15 is 0 Å². The summed E-state index contributed by atoms with van der Waals surface area (Å²) in [6, 6.07) is 0. The molecule has 32 valence electrons. The van der Waals surface area contributed by atoms with E-state index in [0.29, 0.717) is 0 Å². The van der Waals surface area contributed by atoms with Gasteiger partial charge in [-0.25, -0.2) is 0 Å².